The molecule has 0 saturated heterocycles. The molecule has 20 heavy (non-hydrogen) atoms. The third-order valence-electron chi connectivity index (χ3n) is 2.91. The fraction of sp³-hybridized carbons (Fsp3) is 0.214. The predicted octanol–water partition coefficient (Wildman–Crippen LogP) is 0.683. The summed E-state index contributed by atoms with van der Waals surface area (Å²) in [7, 11) is 0. The Kier molecular flexibility index (Phi) is 4.49. The number of pyridine rings is 1. The number of nitrogens with zero attached hydrogens (tertiary/aromatic N) is 1. The van der Waals surface area contributed by atoms with Crippen LogP contribution in [0.5, 0.6) is 0 Å². The summed E-state index contributed by atoms with van der Waals surface area (Å²) in [6, 6.07) is 7.29. The van der Waals surface area contributed by atoms with Gasteiger partial charge in [-0.2, -0.15) is 0 Å². The number of amides is 2. The first-order valence-electron chi connectivity index (χ1n) is 6.32. The highest BCUT2D eigenvalue weighted by Crippen LogP contribution is 2.23. The molecule has 6 nitrogen and oxygen atoms in total. The van der Waals surface area contributed by atoms with Crippen molar-refractivity contribution < 1.29 is 9.59 Å². The molecule has 1 heterocycles. The smallest absolute Gasteiger partial charge is 0.270 e. The van der Waals surface area contributed by atoms with Crippen molar-refractivity contribution in [1.29, 1.82) is 0 Å². The molecule has 0 unspecified atom stereocenters. The lowest BCUT2D eigenvalue weighted by Gasteiger charge is -2.08. The van der Waals surface area contributed by atoms with Gasteiger partial charge in [-0.1, -0.05) is 12.1 Å². The van der Waals surface area contributed by atoms with Crippen molar-refractivity contribution in [2.45, 2.75) is 6.42 Å². The minimum absolute atomic E-state index is 0.264. The molecular weight excluding hydrogens is 256 g/mol. The summed E-state index contributed by atoms with van der Waals surface area (Å²) in [5.74, 6) is -0.264. The van der Waals surface area contributed by atoms with E-state index in [2.05, 4.69) is 15.6 Å². The van der Waals surface area contributed by atoms with Gasteiger partial charge in [0.25, 0.3) is 5.91 Å². The Hall–Kier alpha value is -2.63. The van der Waals surface area contributed by atoms with Crippen LogP contribution in [0.2, 0.25) is 0 Å². The number of anilines is 1. The van der Waals surface area contributed by atoms with Gasteiger partial charge >= 0.3 is 0 Å². The van der Waals surface area contributed by atoms with Gasteiger partial charge in [0, 0.05) is 30.4 Å². The monoisotopic (exact) mass is 272 g/mol. The molecule has 2 rings (SSSR count). The van der Waals surface area contributed by atoms with Crippen molar-refractivity contribution in [3.8, 4) is 0 Å². The largest absolute Gasteiger partial charge is 0.398 e. The van der Waals surface area contributed by atoms with E-state index in [0.717, 1.165) is 5.39 Å². The average molecular weight is 272 g/mol. The van der Waals surface area contributed by atoms with E-state index in [1.165, 1.54) is 0 Å². The molecule has 2 aromatic rings. The molecule has 6 heteroatoms. The van der Waals surface area contributed by atoms with Crippen LogP contribution in [0, 0.1) is 0 Å². The molecule has 0 spiro atoms. The number of carbonyl (C=O) groups is 2. The van der Waals surface area contributed by atoms with Gasteiger partial charge in [0.15, 0.2) is 0 Å². The van der Waals surface area contributed by atoms with Crippen molar-refractivity contribution >= 4 is 28.8 Å². The van der Waals surface area contributed by atoms with E-state index >= 15 is 0 Å². The Bertz CT molecular complexity index is 622. The summed E-state index contributed by atoms with van der Waals surface area (Å²) in [6.45, 7) is 0.985. The maximum Gasteiger partial charge on any atom is 0.270 e. The van der Waals surface area contributed by atoms with E-state index < -0.39 is 0 Å². The van der Waals surface area contributed by atoms with Crippen molar-refractivity contribution in [2.75, 3.05) is 18.8 Å². The molecule has 4 N–H and O–H groups in total. The summed E-state index contributed by atoms with van der Waals surface area (Å²) < 4.78 is 0. The van der Waals surface area contributed by atoms with Gasteiger partial charge in [0.2, 0.25) is 6.41 Å². The zero-order chi connectivity index (χ0) is 14.4. The maximum absolute atomic E-state index is 12.1. The third kappa shape index (κ3) is 3.03. The van der Waals surface area contributed by atoms with Crippen LogP contribution in [0.15, 0.2) is 30.5 Å². The summed E-state index contributed by atoms with van der Waals surface area (Å²) in [5, 5.41) is 6.84. The molecular formula is C14H16N4O2. The van der Waals surface area contributed by atoms with Crippen LogP contribution in [0.4, 0.5) is 5.69 Å². The average Bonchev–Trinajstić information content (AvgIpc) is 2.46. The maximum atomic E-state index is 12.1. The highest BCUT2D eigenvalue weighted by atomic mass is 16.2. The second-order valence-corrected chi connectivity index (χ2v) is 4.29. The molecule has 0 aliphatic heterocycles. The number of rotatable bonds is 6. The number of aromatic nitrogens is 1. The number of hydrogen-bond donors (Lipinski definition) is 3. The minimum Gasteiger partial charge on any atom is -0.398 e. The van der Waals surface area contributed by atoms with Crippen molar-refractivity contribution in [3.05, 3.63) is 36.2 Å². The van der Waals surface area contributed by atoms with E-state index in [-0.39, 0.29) is 5.91 Å². The zero-order valence-electron chi connectivity index (χ0n) is 10.9. The highest BCUT2D eigenvalue weighted by molar-refractivity contribution is 6.09. The predicted molar refractivity (Wildman–Crippen MR) is 77.2 cm³/mol. The number of nitrogens with one attached hydrogen (secondary N) is 2. The number of nitrogens with two attached hydrogens (primary N) is 1. The fourth-order valence-corrected chi connectivity index (χ4v) is 1.96. The number of fused-ring (bicyclic) bond motifs is 1. The SMILES string of the molecule is Nc1cccc2ccnc(C(=O)NCCCNC=O)c12. The number of hydrogen-bond acceptors (Lipinski definition) is 4. The van der Waals surface area contributed by atoms with Gasteiger partial charge < -0.3 is 16.4 Å². The standard InChI is InChI=1S/C14H16N4O2/c15-11-4-1-3-10-5-8-17-13(12(10)11)14(20)18-7-2-6-16-9-19/h1,3-5,8-9H,2,6-7,15H2,(H,16,19)(H,18,20). The lowest BCUT2D eigenvalue weighted by Crippen LogP contribution is -2.28. The van der Waals surface area contributed by atoms with Crippen LogP contribution < -0.4 is 16.4 Å². The molecule has 0 radical (unpaired) electrons. The molecule has 0 saturated carbocycles. The topological polar surface area (TPSA) is 97.1 Å². The van der Waals surface area contributed by atoms with Gasteiger partial charge in [-0.3, -0.25) is 14.6 Å². The summed E-state index contributed by atoms with van der Waals surface area (Å²) in [6.07, 6.45) is 2.88. The second-order valence-electron chi connectivity index (χ2n) is 4.29. The lowest BCUT2D eigenvalue weighted by atomic mass is 10.1. The zero-order valence-corrected chi connectivity index (χ0v) is 10.9. The molecule has 0 aliphatic rings. The van der Waals surface area contributed by atoms with Crippen LogP contribution in [-0.2, 0) is 4.79 Å². The third-order valence-corrected chi connectivity index (χ3v) is 2.91. The van der Waals surface area contributed by atoms with Gasteiger partial charge in [0.05, 0.1) is 0 Å². The number of benzene rings is 1. The number of nitrogen functional groups attached to an aromatic ring is 1. The molecule has 0 bridgehead atoms. The van der Waals surface area contributed by atoms with Crippen molar-refractivity contribution in [1.82, 2.24) is 15.6 Å². The van der Waals surface area contributed by atoms with Crippen LogP contribution in [-0.4, -0.2) is 30.4 Å². The Morgan fingerprint density at radius 2 is 2.15 bits per heavy atom. The van der Waals surface area contributed by atoms with Crippen molar-refractivity contribution in [3.63, 3.8) is 0 Å². The van der Waals surface area contributed by atoms with E-state index in [9.17, 15) is 9.59 Å². The first-order valence-corrected chi connectivity index (χ1v) is 6.32. The van der Waals surface area contributed by atoms with Crippen LogP contribution in [0.3, 0.4) is 0 Å². The summed E-state index contributed by atoms with van der Waals surface area (Å²) in [4.78, 5) is 26.3. The minimum atomic E-state index is -0.264. The quantitative estimate of drug-likeness (QED) is 0.409. The fourth-order valence-electron chi connectivity index (χ4n) is 1.96. The summed E-state index contributed by atoms with van der Waals surface area (Å²) >= 11 is 0. The number of carbonyl (C=O) groups excluding carboxylic acids is 2. The lowest BCUT2D eigenvalue weighted by molar-refractivity contribution is -0.109. The van der Waals surface area contributed by atoms with Crippen LogP contribution in [0.25, 0.3) is 10.8 Å². The molecule has 1 aromatic carbocycles. The molecule has 0 atom stereocenters. The van der Waals surface area contributed by atoms with E-state index in [4.69, 9.17) is 5.73 Å². The first-order chi connectivity index (χ1) is 9.74. The van der Waals surface area contributed by atoms with Gasteiger partial charge in [-0.15, -0.1) is 0 Å². The second kappa shape index (κ2) is 6.51. The van der Waals surface area contributed by atoms with Gasteiger partial charge in [-0.25, -0.2) is 0 Å². The Morgan fingerprint density at radius 3 is 2.95 bits per heavy atom. The molecule has 104 valence electrons. The van der Waals surface area contributed by atoms with Crippen LogP contribution in [0.1, 0.15) is 16.9 Å². The van der Waals surface area contributed by atoms with E-state index in [1.54, 1.807) is 12.3 Å². The van der Waals surface area contributed by atoms with Crippen molar-refractivity contribution in [2.24, 2.45) is 0 Å². The van der Waals surface area contributed by atoms with E-state index in [0.29, 0.717) is 42.7 Å². The normalized spacial score (nSPS) is 10.2. The van der Waals surface area contributed by atoms with Gasteiger partial charge in [-0.05, 0) is 23.9 Å². The molecule has 0 aliphatic carbocycles. The first kappa shape index (κ1) is 13.8. The Labute approximate surface area is 116 Å². The Morgan fingerprint density at radius 1 is 1.30 bits per heavy atom. The highest BCUT2D eigenvalue weighted by Gasteiger charge is 2.12. The van der Waals surface area contributed by atoms with Crippen LogP contribution >= 0.6 is 0 Å². The van der Waals surface area contributed by atoms with Gasteiger partial charge in [0.1, 0.15) is 5.69 Å². The summed E-state index contributed by atoms with van der Waals surface area (Å²) in [5.41, 5.74) is 6.77. The molecule has 1 aromatic heterocycles. The van der Waals surface area contributed by atoms with E-state index in [1.807, 2.05) is 18.2 Å². The molecule has 2 amide bonds. The Balaban J connectivity index is 2.12. The molecule has 0 fully saturated rings.